The summed E-state index contributed by atoms with van der Waals surface area (Å²) in [5.41, 5.74) is 6.23. The van der Waals surface area contributed by atoms with Crippen LogP contribution in [0.2, 0.25) is 10.0 Å². The van der Waals surface area contributed by atoms with Gasteiger partial charge in [0, 0.05) is 0 Å². The zero-order chi connectivity index (χ0) is 16.3. The summed E-state index contributed by atoms with van der Waals surface area (Å²) in [7, 11) is 0. The minimum Gasteiger partial charge on any atom is -0.493 e. The van der Waals surface area contributed by atoms with E-state index in [1.165, 1.54) is 0 Å². The summed E-state index contributed by atoms with van der Waals surface area (Å²) in [5.74, 6) is -0.881. The highest BCUT2D eigenvalue weighted by Crippen LogP contribution is 2.36. The van der Waals surface area contributed by atoms with Crippen LogP contribution in [-0.2, 0) is 0 Å². The van der Waals surface area contributed by atoms with E-state index in [9.17, 15) is 9.18 Å². The smallest absolute Gasteiger partial charge is 0.254 e. The van der Waals surface area contributed by atoms with E-state index in [0.717, 1.165) is 12.1 Å². The van der Waals surface area contributed by atoms with Crippen molar-refractivity contribution in [2.45, 2.75) is 6.92 Å². The molecule has 0 atom stereocenters. The number of rotatable bonds is 5. The molecule has 0 heterocycles. The number of anilines is 2. The second-order valence-corrected chi connectivity index (χ2v) is 5.16. The fraction of sp³-hybridized carbons (Fsp3) is 0.133. The lowest BCUT2D eigenvalue weighted by molar-refractivity contribution is 0.0997. The first-order chi connectivity index (χ1) is 10.4. The van der Waals surface area contributed by atoms with E-state index >= 15 is 0 Å². The van der Waals surface area contributed by atoms with E-state index in [4.69, 9.17) is 33.7 Å². The molecule has 22 heavy (non-hydrogen) atoms. The highest BCUT2D eigenvalue weighted by molar-refractivity contribution is 6.39. The lowest BCUT2D eigenvalue weighted by Gasteiger charge is -2.16. The Morgan fingerprint density at radius 3 is 2.50 bits per heavy atom. The number of hydrogen-bond acceptors (Lipinski definition) is 3. The summed E-state index contributed by atoms with van der Waals surface area (Å²) in [5, 5.41) is 3.08. The van der Waals surface area contributed by atoms with Gasteiger partial charge in [0.05, 0.1) is 28.0 Å². The molecule has 1 amide bonds. The number of halogens is 3. The number of benzene rings is 2. The van der Waals surface area contributed by atoms with Crippen molar-refractivity contribution in [3.05, 3.63) is 51.8 Å². The SMILES string of the molecule is CCOc1cccc(Nc2c(Cl)cc(F)cc2Cl)c1C(N)=O. The van der Waals surface area contributed by atoms with Crippen molar-refractivity contribution in [1.82, 2.24) is 0 Å². The maximum atomic E-state index is 13.2. The summed E-state index contributed by atoms with van der Waals surface area (Å²) in [4.78, 5) is 11.7. The molecule has 0 bridgehead atoms. The lowest BCUT2D eigenvalue weighted by atomic mass is 10.1. The zero-order valence-electron chi connectivity index (χ0n) is 11.6. The largest absolute Gasteiger partial charge is 0.493 e. The fourth-order valence-corrected chi connectivity index (χ4v) is 2.52. The van der Waals surface area contributed by atoms with Gasteiger partial charge in [-0.15, -0.1) is 0 Å². The maximum absolute atomic E-state index is 13.2. The second kappa shape index (κ2) is 6.85. The molecule has 0 aliphatic heterocycles. The number of hydrogen-bond donors (Lipinski definition) is 2. The number of carbonyl (C=O) groups excluding carboxylic acids is 1. The Morgan fingerprint density at radius 2 is 1.95 bits per heavy atom. The van der Waals surface area contributed by atoms with Gasteiger partial charge in [0.15, 0.2) is 0 Å². The molecular formula is C15H13Cl2FN2O2. The topological polar surface area (TPSA) is 64.3 Å². The first kappa shape index (κ1) is 16.4. The Bertz CT molecular complexity index is 700. The van der Waals surface area contributed by atoms with Gasteiger partial charge in [-0.1, -0.05) is 29.3 Å². The van der Waals surface area contributed by atoms with Gasteiger partial charge in [0.25, 0.3) is 5.91 Å². The zero-order valence-corrected chi connectivity index (χ0v) is 13.1. The van der Waals surface area contributed by atoms with Crippen molar-refractivity contribution in [3.8, 4) is 5.75 Å². The molecule has 0 aliphatic rings. The summed E-state index contributed by atoms with van der Waals surface area (Å²) in [6.07, 6.45) is 0. The van der Waals surface area contributed by atoms with Crippen molar-refractivity contribution in [2.24, 2.45) is 5.73 Å². The monoisotopic (exact) mass is 342 g/mol. The molecule has 2 rings (SSSR count). The highest BCUT2D eigenvalue weighted by atomic mass is 35.5. The Balaban J connectivity index is 2.50. The van der Waals surface area contributed by atoms with E-state index in [0.29, 0.717) is 18.0 Å². The molecule has 0 spiro atoms. The number of amides is 1. The van der Waals surface area contributed by atoms with Gasteiger partial charge in [-0.05, 0) is 31.2 Å². The molecule has 0 saturated heterocycles. The van der Waals surface area contributed by atoms with E-state index in [-0.39, 0.29) is 21.3 Å². The first-order valence-corrected chi connectivity index (χ1v) is 7.16. The molecule has 0 aromatic heterocycles. The van der Waals surface area contributed by atoms with Crippen molar-refractivity contribution < 1.29 is 13.9 Å². The van der Waals surface area contributed by atoms with Crippen LogP contribution in [0.25, 0.3) is 0 Å². The molecule has 0 fully saturated rings. The first-order valence-electron chi connectivity index (χ1n) is 6.41. The molecule has 0 radical (unpaired) electrons. The average Bonchev–Trinajstić information content (AvgIpc) is 2.43. The number of primary amides is 1. The average molecular weight is 343 g/mol. The molecule has 4 nitrogen and oxygen atoms in total. The molecule has 116 valence electrons. The van der Waals surface area contributed by atoms with Crippen molar-refractivity contribution >= 4 is 40.5 Å². The van der Waals surface area contributed by atoms with Gasteiger partial charge < -0.3 is 15.8 Å². The molecule has 3 N–H and O–H groups in total. The summed E-state index contributed by atoms with van der Waals surface area (Å²) in [6.45, 7) is 2.17. The van der Waals surface area contributed by atoms with Gasteiger partial charge >= 0.3 is 0 Å². The number of nitrogens with one attached hydrogen (secondary N) is 1. The third kappa shape index (κ3) is 3.43. The Morgan fingerprint density at radius 1 is 1.32 bits per heavy atom. The van der Waals surface area contributed by atoms with Crippen LogP contribution in [0.3, 0.4) is 0 Å². The minimum absolute atomic E-state index is 0.0854. The van der Waals surface area contributed by atoms with Gasteiger partial charge in [-0.2, -0.15) is 0 Å². The lowest BCUT2D eigenvalue weighted by Crippen LogP contribution is -2.15. The van der Waals surface area contributed by atoms with Crippen LogP contribution < -0.4 is 15.8 Å². The third-order valence-electron chi connectivity index (χ3n) is 2.84. The van der Waals surface area contributed by atoms with Crippen LogP contribution in [0, 0.1) is 5.82 Å². The maximum Gasteiger partial charge on any atom is 0.254 e. The van der Waals surface area contributed by atoms with Crippen molar-refractivity contribution in [1.29, 1.82) is 0 Å². The molecule has 0 aliphatic carbocycles. The Hall–Kier alpha value is -1.98. The second-order valence-electron chi connectivity index (χ2n) is 4.35. The summed E-state index contributed by atoms with van der Waals surface area (Å²) >= 11 is 12.0. The molecule has 0 saturated carbocycles. The van der Waals surface area contributed by atoms with Crippen molar-refractivity contribution in [3.63, 3.8) is 0 Å². The highest BCUT2D eigenvalue weighted by Gasteiger charge is 2.17. The van der Waals surface area contributed by atoms with Crippen molar-refractivity contribution in [2.75, 3.05) is 11.9 Å². The van der Waals surface area contributed by atoms with Gasteiger partial charge in [0.2, 0.25) is 0 Å². The van der Waals surface area contributed by atoms with E-state index in [1.54, 1.807) is 25.1 Å². The van der Waals surface area contributed by atoms with E-state index < -0.39 is 11.7 Å². The molecule has 7 heteroatoms. The summed E-state index contributed by atoms with van der Waals surface area (Å²) < 4.78 is 18.6. The van der Waals surface area contributed by atoms with Crippen LogP contribution in [-0.4, -0.2) is 12.5 Å². The van der Waals surface area contributed by atoms with Crippen LogP contribution in [0.4, 0.5) is 15.8 Å². The van der Waals surface area contributed by atoms with Crippen LogP contribution in [0.1, 0.15) is 17.3 Å². The quantitative estimate of drug-likeness (QED) is 0.847. The van der Waals surface area contributed by atoms with Crippen LogP contribution in [0.15, 0.2) is 30.3 Å². The summed E-state index contributed by atoms with van der Waals surface area (Å²) in [6, 6.07) is 7.17. The number of nitrogens with two attached hydrogens (primary N) is 1. The standard InChI is InChI=1S/C15H13Cl2FN2O2/c1-2-22-12-5-3-4-11(13(12)15(19)21)20-14-9(16)6-8(18)7-10(14)17/h3-7,20H,2H2,1H3,(H2,19,21). The van der Waals surface area contributed by atoms with E-state index in [2.05, 4.69) is 5.32 Å². The third-order valence-corrected chi connectivity index (χ3v) is 3.44. The molecule has 2 aromatic carbocycles. The van der Waals surface area contributed by atoms with Gasteiger partial charge in [-0.25, -0.2) is 4.39 Å². The minimum atomic E-state index is -0.666. The van der Waals surface area contributed by atoms with E-state index in [1.807, 2.05) is 0 Å². The van der Waals surface area contributed by atoms with Gasteiger partial charge in [-0.3, -0.25) is 4.79 Å². The Labute approximate surface area is 137 Å². The molecular weight excluding hydrogens is 330 g/mol. The molecule has 2 aromatic rings. The normalized spacial score (nSPS) is 10.4. The predicted molar refractivity (Wildman–Crippen MR) is 85.8 cm³/mol. The fourth-order valence-electron chi connectivity index (χ4n) is 1.96. The Kier molecular flexibility index (Phi) is 5.11. The number of carbonyl (C=O) groups is 1. The van der Waals surface area contributed by atoms with Crippen LogP contribution >= 0.6 is 23.2 Å². The number of ether oxygens (including phenoxy) is 1. The predicted octanol–water partition coefficient (Wildman–Crippen LogP) is 4.37. The van der Waals surface area contributed by atoms with Crippen LogP contribution in [0.5, 0.6) is 5.75 Å². The van der Waals surface area contributed by atoms with Gasteiger partial charge in [0.1, 0.15) is 17.1 Å². The molecule has 0 unspecified atom stereocenters.